The van der Waals surface area contributed by atoms with Crippen LogP contribution < -0.4 is 0 Å². The average molecular weight is 402 g/mol. The van der Waals surface area contributed by atoms with Crippen LogP contribution in [0.25, 0.3) is 0 Å². The predicted octanol–water partition coefficient (Wildman–Crippen LogP) is 3.54. The topological polar surface area (TPSA) is 59.1 Å². The summed E-state index contributed by atoms with van der Waals surface area (Å²) in [6, 6.07) is 3.08. The molecule has 0 aromatic heterocycles. The third kappa shape index (κ3) is 5.85. The molecule has 9 heteroatoms. The number of ether oxygens (including phenoxy) is 2. The lowest BCUT2D eigenvalue weighted by molar-refractivity contribution is -0.137. The minimum absolute atomic E-state index is 0.105. The van der Waals surface area contributed by atoms with Gasteiger partial charge in [-0.15, -0.1) is 0 Å². The van der Waals surface area contributed by atoms with Gasteiger partial charge >= 0.3 is 18.2 Å². The Hall–Kier alpha value is -2.29. The highest BCUT2D eigenvalue weighted by Gasteiger charge is 2.32. The molecule has 0 unspecified atom stereocenters. The van der Waals surface area contributed by atoms with Gasteiger partial charge in [-0.2, -0.15) is 13.2 Å². The number of halogens is 3. The Kier molecular flexibility index (Phi) is 6.59. The van der Waals surface area contributed by atoms with Gasteiger partial charge in [0.1, 0.15) is 5.60 Å². The van der Waals surface area contributed by atoms with E-state index in [1.54, 1.807) is 25.7 Å². The lowest BCUT2D eigenvalue weighted by atomic mass is 10.0. The molecule has 156 valence electrons. The number of methoxy groups -OCH3 is 1. The summed E-state index contributed by atoms with van der Waals surface area (Å²) in [4.78, 5) is 27.6. The quantitative estimate of drug-likeness (QED) is 0.724. The number of carbonyl (C=O) groups excluding carboxylic acids is 2. The number of piperazine rings is 1. The van der Waals surface area contributed by atoms with E-state index in [2.05, 4.69) is 4.74 Å². The fraction of sp³-hybridized carbons (Fsp3) is 0.579. The number of carbonyl (C=O) groups is 2. The summed E-state index contributed by atoms with van der Waals surface area (Å²) < 4.78 is 48.8. The highest BCUT2D eigenvalue weighted by atomic mass is 19.4. The maximum absolute atomic E-state index is 12.9. The second kappa shape index (κ2) is 8.38. The van der Waals surface area contributed by atoms with E-state index in [-0.39, 0.29) is 12.1 Å². The number of benzene rings is 1. The number of esters is 1. The van der Waals surface area contributed by atoms with Crippen LogP contribution in [0.5, 0.6) is 0 Å². The molecule has 1 heterocycles. The van der Waals surface area contributed by atoms with E-state index in [1.165, 1.54) is 6.07 Å². The third-order valence-electron chi connectivity index (χ3n) is 4.26. The highest BCUT2D eigenvalue weighted by molar-refractivity contribution is 5.91. The maximum Gasteiger partial charge on any atom is 0.416 e. The first kappa shape index (κ1) is 22.0. The number of nitrogens with zero attached hydrogens (tertiary/aromatic N) is 2. The Morgan fingerprint density at radius 2 is 1.68 bits per heavy atom. The van der Waals surface area contributed by atoms with Crippen molar-refractivity contribution in [2.24, 2.45) is 0 Å². The van der Waals surface area contributed by atoms with E-state index in [0.717, 1.165) is 19.2 Å². The lowest BCUT2D eigenvalue weighted by Gasteiger charge is -2.35. The molecule has 0 N–H and O–H groups in total. The largest absolute Gasteiger partial charge is 0.465 e. The smallest absolute Gasteiger partial charge is 0.416 e. The number of amides is 1. The zero-order valence-electron chi connectivity index (χ0n) is 16.4. The Balaban J connectivity index is 2.06. The van der Waals surface area contributed by atoms with Gasteiger partial charge in [0.15, 0.2) is 0 Å². The number of rotatable bonds is 3. The fourth-order valence-corrected chi connectivity index (χ4v) is 2.85. The Labute approximate surface area is 162 Å². The molecule has 1 amide bonds. The SMILES string of the molecule is COC(=O)c1cc(C(F)(F)F)ccc1CN1CCN(C(=O)OC(C)(C)C)CC1. The molecular weight excluding hydrogens is 377 g/mol. The normalized spacial score (nSPS) is 16.0. The molecule has 1 aromatic rings. The van der Waals surface area contributed by atoms with Gasteiger partial charge in [0.2, 0.25) is 0 Å². The van der Waals surface area contributed by atoms with Crippen molar-refractivity contribution in [3.8, 4) is 0 Å². The Bertz CT molecular complexity index is 721. The van der Waals surface area contributed by atoms with Crippen LogP contribution in [0.3, 0.4) is 0 Å². The van der Waals surface area contributed by atoms with E-state index < -0.39 is 29.4 Å². The zero-order valence-corrected chi connectivity index (χ0v) is 16.4. The highest BCUT2D eigenvalue weighted by Crippen LogP contribution is 2.31. The molecule has 0 aliphatic carbocycles. The van der Waals surface area contributed by atoms with Gasteiger partial charge < -0.3 is 14.4 Å². The van der Waals surface area contributed by atoms with Crippen LogP contribution in [-0.2, 0) is 22.2 Å². The van der Waals surface area contributed by atoms with Gasteiger partial charge in [-0.05, 0) is 38.5 Å². The monoisotopic (exact) mass is 402 g/mol. The molecule has 1 aliphatic rings. The molecule has 1 aromatic carbocycles. The predicted molar refractivity (Wildman–Crippen MR) is 95.9 cm³/mol. The van der Waals surface area contributed by atoms with Gasteiger partial charge in [0.25, 0.3) is 0 Å². The molecule has 1 saturated heterocycles. The molecule has 0 bridgehead atoms. The van der Waals surface area contributed by atoms with Gasteiger partial charge in [-0.3, -0.25) is 4.90 Å². The van der Waals surface area contributed by atoms with Crippen LogP contribution in [0, 0.1) is 0 Å². The van der Waals surface area contributed by atoms with E-state index >= 15 is 0 Å². The van der Waals surface area contributed by atoms with Crippen LogP contribution in [0.2, 0.25) is 0 Å². The summed E-state index contributed by atoms with van der Waals surface area (Å²) in [6.07, 6.45) is -4.93. The van der Waals surface area contributed by atoms with E-state index in [9.17, 15) is 22.8 Å². The Morgan fingerprint density at radius 3 is 2.18 bits per heavy atom. The first-order chi connectivity index (χ1) is 12.9. The molecule has 2 rings (SSSR count). The van der Waals surface area contributed by atoms with Crippen LogP contribution in [0.1, 0.15) is 42.3 Å². The molecular formula is C19H25F3N2O4. The minimum atomic E-state index is -4.54. The summed E-state index contributed by atoms with van der Waals surface area (Å²) in [5, 5.41) is 0. The first-order valence-corrected chi connectivity index (χ1v) is 8.89. The van der Waals surface area contributed by atoms with E-state index in [0.29, 0.717) is 31.7 Å². The average Bonchev–Trinajstić information content (AvgIpc) is 2.59. The van der Waals surface area contributed by atoms with E-state index in [1.807, 2.05) is 4.90 Å². The van der Waals surface area contributed by atoms with Crippen molar-refractivity contribution >= 4 is 12.1 Å². The summed E-state index contributed by atoms with van der Waals surface area (Å²) in [7, 11) is 1.13. The number of hydrogen-bond acceptors (Lipinski definition) is 5. The molecule has 1 fully saturated rings. The van der Waals surface area contributed by atoms with Crippen molar-refractivity contribution in [2.75, 3.05) is 33.3 Å². The third-order valence-corrected chi connectivity index (χ3v) is 4.26. The van der Waals surface area contributed by atoms with Gasteiger partial charge in [-0.1, -0.05) is 6.07 Å². The molecule has 0 spiro atoms. The molecule has 28 heavy (non-hydrogen) atoms. The second-order valence-electron chi connectivity index (χ2n) is 7.60. The second-order valence-corrected chi connectivity index (χ2v) is 7.60. The maximum atomic E-state index is 12.9. The van der Waals surface area contributed by atoms with Gasteiger partial charge in [0, 0.05) is 32.7 Å². The summed E-state index contributed by atoms with van der Waals surface area (Å²) in [5.41, 5.74) is -1.13. The lowest BCUT2D eigenvalue weighted by Crippen LogP contribution is -2.49. The van der Waals surface area contributed by atoms with E-state index in [4.69, 9.17) is 4.74 Å². The van der Waals surface area contributed by atoms with Crippen LogP contribution in [0.4, 0.5) is 18.0 Å². The molecule has 1 aliphatic heterocycles. The van der Waals surface area contributed by atoms with Crippen molar-refractivity contribution in [1.82, 2.24) is 9.80 Å². The first-order valence-electron chi connectivity index (χ1n) is 8.89. The van der Waals surface area contributed by atoms with Crippen molar-refractivity contribution < 1.29 is 32.2 Å². The zero-order chi connectivity index (χ0) is 21.1. The fourth-order valence-electron chi connectivity index (χ4n) is 2.85. The Morgan fingerprint density at radius 1 is 1.07 bits per heavy atom. The minimum Gasteiger partial charge on any atom is -0.465 e. The summed E-state index contributed by atoms with van der Waals surface area (Å²) in [6.45, 7) is 7.55. The standard InChI is InChI=1S/C19H25F3N2O4/c1-18(2,3)28-17(26)24-9-7-23(8-10-24)12-13-5-6-14(19(20,21)22)11-15(13)16(25)27-4/h5-6,11H,7-10,12H2,1-4H3. The van der Waals surface area contributed by atoms with Crippen molar-refractivity contribution in [1.29, 1.82) is 0 Å². The van der Waals surface area contributed by atoms with Crippen LogP contribution >= 0.6 is 0 Å². The van der Waals surface area contributed by atoms with Crippen molar-refractivity contribution in [2.45, 2.75) is 39.1 Å². The molecule has 0 atom stereocenters. The molecule has 0 saturated carbocycles. The molecule has 6 nitrogen and oxygen atoms in total. The van der Waals surface area contributed by atoms with Crippen molar-refractivity contribution in [3.63, 3.8) is 0 Å². The van der Waals surface area contributed by atoms with Gasteiger partial charge in [0.05, 0.1) is 18.2 Å². The van der Waals surface area contributed by atoms with Crippen LogP contribution in [-0.4, -0.2) is 60.8 Å². The number of hydrogen-bond donors (Lipinski definition) is 0. The summed E-state index contributed by atoms with van der Waals surface area (Å²) in [5.74, 6) is -0.812. The van der Waals surface area contributed by atoms with Gasteiger partial charge in [-0.25, -0.2) is 9.59 Å². The summed E-state index contributed by atoms with van der Waals surface area (Å²) >= 11 is 0. The van der Waals surface area contributed by atoms with Crippen molar-refractivity contribution in [3.05, 3.63) is 34.9 Å². The van der Waals surface area contributed by atoms with Crippen LogP contribution in [0.15, 0.2) is 18.2 Å². The number of alkyl halides is 3. The molecule has 0 radical (unpaired) electrons.